The molecule has 2 aromatic rings. The molecule has 0 aliphatic heterocycles. The normalized spacial score (nSPS) is 11.0. The van der Waals surface area contributed by atoms with Crippen molar-refractivity contribution in [1.29, 1.82) is 0 Å². The average molecular weight is 487 g/mol. The van der Waals surface area contributed by atoms with Crippen LogP contribution in [0, 0.1) is 0 Å². The highest BCUT2D eigenvalue weighted by molar-refractivity contribution is 7.89. The maximum Gasteiger partial charge on any atom is 0.338 e. The highest BCUT2D eigenvalue weighted by atomic mass is 35.5. The Morgan fingerprint density at radius 2 is 1.69 bits per heavy atom. The van der Waals surface area contributed by atoms with Gasteiger partial charge in [-0.3, -0.25) is 4.79 Å². The van der Waals surface area contributed by atoms with Gasteiger partial charge in [-0.05, 0) is 36.4 Å². The van der Waals surface area contributed by atoms with Gasteiger partial charge < -0.3 is 24.3 Å². The topological polar surface area (TPSA) is 129 Å². The monoisotopic (exact) mass is 486 g/mol. The molecule has 0 saturated carbocycles. The van der Waals surface area contributed by atoms with E-state index in [4.69, 9.17) is 30.5 Å². The van der Waals surface area contributed by atoms with Gasteiger partial charge in [-0.25, -0.2) is 17.9 Å². The van der Waals surface area contributed by atoms with Crippen molar-refractivity contribution in [1.82, 2.24) is 4.72 Å². The van der Waals surface area contributed by atoms with Crippen LogP contribution in [0.3, 0.4) is 0 Å². The van der Waals surface area contributed by atoms with Crippen LogP contribution in [0.25, 0.3) is 0 Å². The summed E-state index contributed by atoms with van der Waals surface area (Å²) in [6.45, 7) is -0.422. The lowest BCUT2D eigenvalue weighted by Crippen LogP contribution is -2.28. The Morgan fingerprint density at radius 3 is 2.34 bits per heavy atom. The van der Waals surface area contributed by atoms with Gasteiger partial charge in [0, 0.05) is 18.7 Å². The number of amides is 1. The predicted octanol–water partition coefficient (Wildman–Crippen LogP) is 2.08. The second-order valence-corrected chi connectivity index (χ2v) is 8.40. The lowest BCUT2D eigenvalue weighted by molar-refractivity contribution is -0.119. The lowest BCUT2D eigenvalue weighted by Gasteiger charge is -2.13. The van der Waals surface area contributed by atoms with Gasteiger partial charge in [0.1, 0.15) is 16.4 Å². The number of ether oxygens (including phenoxy) is 4. The van der Waals surface area contributed by atoms with Crippen molar-refractivity contribution in [3.8, 4) is 11.5 Å². The molecule has 0 unspecified atom stereocenters. The summed E-state index contributed by atoms with van der Waals surface area (Å²) in [6.07, 6.45) is 0. The van der Waals surface area contributed by atoms with Crippen molar-refractivity contribution in [3.05, 3.63) is 47.0 Å². The number of nitrogens with one attached hydrogen (secondary N) is 2. The summed E-state index contributed by atoms with van der Waals surface area (Å²) in [5.74, 6) is -1.12. The van der Waals surface area contributed by atoms with Crippen LogP contribution < -0.4 is 19.5 Å². The van der Waals surface area contributed by atoms with Crippen molar-refractivity contribution >= 4 is 39.2 Å². The van der Waals surface area contributed by atoms with Crippen LogP contribution in [-0.2, 0) is 24.3 Å². The largest absolute Gasteiger partial charge is 0.495 e. The van der Waals surface area contributed by atoms with Gasteiger partial charge >= 0.3 is 5.97 Å². The molecule has 32 heavy (non-hydrogen) atoms. The first kappa shape index (κ1) is 25.4. The third-order valence-corrected chi connectivity index (χ3v) is 5.77. The minimum Gasteiger partial charge on any atom is -0.495 e. The van der Waals surface area contributed by atoms with Gasteiger partial charge in [0.05, 0.1) is 32.1 Å². The van der Waals surface area contributed by atoms with Crippen molar-refractivity contribution in [2.45, 2.75) is 4.90 Å². The summed E-state index contributed by atoms with van der Waals surface area (Å²) in [4.78, 5) is 24.3. The number of hydrogen-bond donors (Lipinski definition) is 2. The van der Waals surface area contributed by atoms with E-state index in [0.29, 0.717) is 16.5 Å². The summed E-state index contributed by atoms with van der Waals surface area (Å²) in [6, 6.07) is 8.40. The van der Waals surface area contributed by atoms with Gasteiger partial charge in [0.25, 0.3) is 5.91 Å². The maximum absolute atomic E-state index is 12.5. The molecule has 0 atom stereocenters. The number of rotatable bonds is 11. The number of benzene rings is 2. The number of anilines is 1. The van der Waals surface area contributed by atoms with Crippen LogP contribution in [0.5, 0.6) is 11.5 Å². The van der Waals surface area contributed by atoms with E-state index in [2.05, 4.69) is 10.0 Å². The number of carbonyl (C=O) groups is 2. The molecule has 0 bridgehead atoms. The highest BCUT2D eigenvalue weighted by Gasteiger charge is 2.22. The SMILES string of the molecule is COCCNS(=O)(=O)c1cc(C(=O)OCC(=O)Nc2cc(Cl)ccc2OC)ccc1OC. The molecule has 0 aliphatic carbocycles. The van der Waals surface area contributed by atoms with Crippen molar-refractivity contribution in [3.63, 3.8) is 0 Å². The highest BCUT2D eigenvalue weighted by Crippen LogP contribution is 2.28. The van der Waals surface area contributed by atoms with Gasteiger partial charge in [-0.15, -0.1) is 0 Å². The minimum absolute atomic E-state index is 0.0315. The van der Waals surface area contributed by atoms with E-state index in [0.717, 1.165) is 6.07 Å². The van der Waals surface area contributed by atoms with E-state index in [-0.39, 0.29) is 29.4 Å². The minimum atomic E-state index is -3.98. The molecule has 12 heteroatoms. The van der Waals surface area contributed by atoms with E-state index in [1.54, 1.807) is 12.1 Å². The van der Waals surface area contributed by atoms with Crippen LogP contribution in [0.15, 0.2) is 41.3 Å². The van der Waals surface area contributed by atoms with Crippen LogP contribution in [0.2, 0.25) is 5.02 Å². The Bertz CT molecular complexity index is 1080. The molecule has 0 radical (unpaired) electrons. The van der Waals surface area contributed by atoms with Crippen LogP contribution in [-0.4, -0.2) is 61.4 Å². The summed E-state index contributed by atoms with van der Waals surface area (Å²) >= 11 is 5.92. The maximum atomic E-state index is 12.5. The molecule has 0 fully saturated rings. The number of carbonyl (C=O) groups excluding carboxylic acids is 2. The summed E-state index contributed by atoms with van der Waals surface area (Å²) in [7, 11) is 0.182. The fourth-order valence-electron chi connectivity index (χ4n) is 2.55. The number of esters is 1. The Balaban J connectivity index is 2.10. The van der Waals surface area contributed by atoms with Crippen molar-refractivity contribution in [2.75, 3.05) is 46.4 Å². The van der Waals surface area contributed by atoms with E-state index < -0.39 is 28.5 Å². The van der Waals surface area contributed by atoms with E-state index in [1.807, 2.05) is 0 Å². The first-order valence-corrected chi connectivity index (χ1v) is 11.0. The molecule has 0 aromatic heterocycles. The molecule has 2 N–H and O–H groups in total. The molecule has 0 saturated heterocycles. The first-order valence-electron chi connectivity index (χ1n) is 9.19. The summed E-state index contributed by atoms with van der Waals surface area (Å²) in [5.41, 5.74) is 0.229. The van der Waals surface area contributed by atoms with Gasteiger partial charge in [0.2, 0.25) is 10.0 Å². The van der Waals surface area contributed by atoms with Crippen molar-refractivity contribution < 1.29 is 37.0 Å². The van der Waals surface area contributed by atoms with Crippen LogP contribution >= 0.6 is 11.6 Å². The molecule has 2 aromatic carbocycles. The van der Waals surface area contributed by atoms with E-state index in [1.165, 1.54) is 39.5 Å². The number of methoxy groups -OCH3 is 3. The molecule has 0 spiro atoms. The van der Waals surface area contributed by atoms with E-state index in [9.17, 15) is 18.0 Å². The van der Waals surface area contributed by atoms with Gasteiger partial charge in [-0.1, -0.05) is 11.6 Å². The third kappa shape index (κ3) is 6.82. The molecule has 174 valence electrons. The second kappa shape index (κ2) is 11.7. The fourth-order valence-corrected chi connectivity index (χ4v) is 3.93. The van der Waals surface area contributed by atoms with Gasteiger partial charge in [-0.2, -0.15) is 0 Å². The van der Waals surface area contributed by atoms with Crippen LogP contribution in [0.4, 0.5) is 5.69 Å². The Morgan fingerprint density at radius 1 is 1.00 bits per heavy atom. The second-order valence-electron chi connectivity index (χ2n) is 6.23. The molecule has 0 aliphatic rings. The van der Waals surface area contributed by atoms with Gasteiger partial charge in [0.15, 0.2) is 6.61 Å². The third-order valence-electron chi connectivity index (χ3n) is 4.06. The zero-order chi connectivity index (χ0) is 23.7. The Hall–Kier alpha value is -2.86. The Labute approximate surface area is 190 Å². The van der Waals surface area contributed by atoms with Crippen LogP contribution in [0.1, 0.15) is 10.4 Å². The number of hydrogen-bond acceptors (Lipinski definition) is 8. The quantitative estimate of drug-likeness (QED) is 0.365. The number of halogens is 1. The zero-order valence-electron chi connectivity index (χ0n) is 17.6. The Kier molecular flexibility index (Phi) is 9.27. The molecular weight excluding hydrogens is 464 g/mol. The summed E-state index contributed by atoms with van der Waals surface area (Å²) in [5, 5.41) is 2.91. The molecule has 1 amide bonds. The summed E-state index contributed by atoms with van der Waals surface area (Å²) < 4.78 is 47.4. The molecule has 0 heterocycles. The average Bonchev–Trinajstić information content (AvgIpc) is 2.77. The molecular formula is C20H23ClN2O8S. The molecule has 2 rings (SSSR count). The zero-order valence-corrected chi connectivity index (χ0v) is 19.2. The van der Waals surface area contributed by atoms with E-state index >= 15 is 0 Å². The first-order chi connectivity index (χ1) is 15.2. The predicted molar refractivity (Wildman–Crippen MR) is 117 cm³/mol. The van der Waals surface area contributed by atoms with Crippen molar-refractivity contribution in [2.24, 2.45) is 0 Å². The standard InChI is InChI=1S/C20H23ClN2O8S/c1-28-9-8-22-32(26,27)18-10-13(4-6-17(18)30-3)20(25)31-12-19(24)23-15-11-14(21)5-7-16(15)29-2/h4-7,10-11,22H,8-9,12H2,1-3H3,(H,23,24). The smallest absolute Gasteiger partial charge is 0.338 e. The number of sulfonamides is 1. The molecule has 10 nitrogen and oxygen atoms in total. The lowest BCUT2D eigenvalue weighted by atomic mass is 10.2. The fraction of sp³-hybridized carbons (Fsp3) is 0.300.